The summed E-state index contributed by atoms with van der Waals surface area (Å²) in [6.07, 6.45) is 83.0. The van der Waals surface area contributed by atoms with E-state index in [1.165, 1.54) is 135 Å². The van der Waals surface area contributed by atoms with Gasteiger partial charge in [-0.25, -0.2) is 0 Å². The molecule has 2 atom stereocenters. The molecule has 0 bridgehead atoms. The zero-order valence-electron chi connectivity index (χ0n) is 51.5. The van der Waals surface area contributed by atoms with Gasteiger partial charge in [-0.2, -0.15) is 0 Å². The number of quaternary nitrogens is 1. The summed E-state index contributed by atoms with van der Waals surface area (Å²) in [6, 6.07) is 0. The molecule has 0 radical (unpaired) electrons. The number of phosphoric ester groups is 1. The lowest BCUT2D eigenvalue weighted by molar-refractivity contribution is -0.870. The first-order valence-electron chi connectivity index (χ1n) is 32.1. The molecular weight excluding hydrogens is 1000 g/mol. The molecule has 0 saturated carbocycles. The molecule has 0 aromatic rings. The molecule has 0 rings (SSSR count). The standard InChI is InChI=1S/C69H120NO8P/c1-6-8-10-12-14-16-18-20-22-23-24-25-26-27-28-29-30-31-32-33-34-35-36-37-38-39-40-41-42-43-44-45-46-47-48-50-52-54-56-58-60-62-69(72)78-67(66-77-79(73,74)76-64-63-70(3,4)5)65-75-68(71)61-59-57-55-53-51-49-21-19-17-15-13-11-9-7-2/h8,10,14,16,20,22,24-25,27-28,30-31,33-34,36-37,39-40,67H,6-7,9,11-13,15,17-19,21,23,26,29,32,35,38,41-66H2,1-5H3/b10-8-,16-14-,22-20-,25-24-,28-27-,31-30-,34-33-,37-36-,40-39-. The lowest BCUT2D eigenvalue weighted by Crippen LogP contribution is -2.37. The van der Waals surface area contributed by atoms with Crippen molar-refractivity contribution >= 4 is 19.8 Å². The van der Waals surface area contributed by atoms with E-state index in [0.29, 0.717) is 17.4 Å². The number of ether oxygens (including phenoxy) is 2. The Balaban J connectivity index is 4.01. The molecule has 0 aromatic heterocycles. The van der Waals surface area contributed by atoms with Crippen molar-refractivity contribution in [1.82, 2.24) is 0 Å². The second-order valence-corrected chi connectivity index (χ2v) is 23.8. The van der Waals surface area contributed by atoms with Gasteiger partial charge in [0.2, 0.25) is 0 Å². The summed E-state index contributed by atoms with van der Waals surface area (Å²) in [5.41, 5.74) is 0. The number of hydrogen-bond acceptors (Lipinski definition) is 8. The van der Waals surface area contributed by atoms with Gasteiger partial charge >= 0.3 is 11.9 Å². The zero-order chi connectivity index (χ0) is 57.7. The monoisotopic (exact) mass is 1120 g/mol. The quantitative estimate of drug-likeness (QED) is 0.0195. The number of allylic oxidation sites excluding steroid dienone is 18. The Labute approximate surface area is 486 Å². The smallest absolute Gasteiger partial charge is 0.306 e. The largest absolute Gasteiger partial charge is 0.756 e. The molecule has 0 aromatic carbocycles. The van der Waals surface area contributed by atoms with Crippen molar-refractivity contribution in [3.8, 4) is 0 Å². The number of likely N-dealkylation sites (N-methyl/N-ethyl adjacent to an activating group) is 1. The van der Waals surface area contributed by atoms with Crippen molar-refractivity contribution in [2.24, 2.45) is 0 Å². The van der Waals surface area contributed by atoms with Crippen LogP contribution in [0.3, 0.4) is 0 Å². The average Bonchev–Trinajstić information content (AvgIpc) is 3.41. The van der Waals surface area contributed by atoms with Crippen molar-refractivity contribution in [2.45, 2.75) is 270 Å². The molecule has 0 aliphatic heterocycles. The average molecular weight is 1120 g/mol. The lowest BCUT2D eigenvalue weighted by atomic mass is 10.0. The molecule has 0 amide bonds. The fraction of sp³-hybridized carbons (Fsp3) is 0.710. The minimum absolute atomic E-state index is 0.0329. The Bertz CT molecular complexity index is 1700. The van der Waals surface area contributed by atoms with Crippen LogP contribution in [0.25, 0.3) is 0 Å². The molecule has 79 heavy (non-hydrogen) atoms. The van der Waals surface area contributed by atoms with Gasteiger partial charge in [-0.15, -0.1) is 0 Å². The summed E-state index contributed by atoms with van der Waals surface area (Å²) in [5.74, 6) is -0.830. The number of carbonyl (C=O) groups excluding carboxylic acids is 2. The maximum atomic E-state index is 12.8. The van der Waals surface area contributed by atoms with E-state index in [-0.39, 0.29) is 32.0 Å². The summed E-state index contributed by atoms with van der Waals surface area (Å²) in [6.45, 7) is 4.13. The zero-order valence-corrected chi connectivity index (χ0v) is 52.4. The third kappa shape index (κ3) is 63.7. The third-order valence-corrected chi connectivity index (χ3v) is 14.5. The van der Waals surface area contributed by atoms with Crippen LogP contribution in [0.1, 0.15) is 264 Å². The van der Waals surface area contributed by atoms with Crippen molar-refractivity contribution < 1.29 is 42.1 Å². The van der Waals surface area contributed by atoms with Gasteiger partial charge in [0.25, 0.3) is 7.82 Å². The van der Waals surface area contributed by atoms with Crippen LogP contribution < -0.4 is 4.89 Å². The number of carbonyl (C=O) groups is 2. The number of rotatable bonds is 58. The van der Waals surface area contributed by atoms with E-state index in [0.717, 1.165) is 96.3 Å². The molecule has 0 fully saturated rings. The SMILES string of the molecule is CC/C=C\C/C=C\C/C=C\C/C=C\C/C=C\C/C=C\C/C=C\C/C=C\C/C=C\CCCCCCCCCCCCCCCC(=O)OC(COC(=O)CCCCCCCCCCCCCCCC)COP(=O)([O-])OCC[N+](C)(C)C. The Morgan fingerprint density at radius 3 is 1.08 bits per heavy atom. The normalized spacial score (nSPS) is 13.9. The van der Waals surface area contributed by atoms with Gasteiger partial charge in [0.1, 0.15) is 19.8 Å². The summed E-state index contributed by atoms with van der Waals surface area (Å²) in [4.78, 5) is 37.9. The van der Waals surface area contributed by atoms with Crippen LogP contribution in [0.5, 0.6) is 0 Å². The molecule has 454 valence electrons. The summed E-state index contributed by atoms with van der Waals surface area (Å²) < 4.78 is 34.2. The molecule has 0 aliphatic rings. The van der Waals surface area contributed by atoms with Gasteiger partial charge in [-0.1, -0.05) is 277 Å². The molecule has 9 nitrogen and oxygen atoms in total. The highest BCUT2D eigenvalue weighted by atomic mass is 31.2. The summed E-state index contributed by atoms with van der Waals surface area (Å²) in [7, 11) is 1.16. The molecule has 10 heteroatoms. The van der Waals surface area contributed by atoms with Crippen molar-refractivity contribution in [2.75, 3.05) is 47.5 Å². The molecular formula is C69H120NO8P. The van der Waals surface area contributed by atoms with E-state index in [2.05, 4.69) is 123 Å². The number of unbranched alkanes of at least 4 members (excludes halogenated alkanes) is 26. The Morgan fingerprint density at radius 2 is 0.722 bits per heavy atom. The summed E-state index contributed by atoms with van der Waals surface area (Å²) in [5, 5.41) is 0. The van der Waals surface area contributed by atoms with Crippen LogP contribution in [0.15, 0.2) is 109 Å². The van der Waals surface area contributed by atoms with Gasteiger partial charge in [-0.05, 0) is 83.5 Å². The van der Waals surface area contributed by atoms with Gasteiger partial charge in [0, 0.05) is 12.8 Å². The van der Waals surface area contributed by atoms with Crippen LogP contribution in [-0.2, 0) is 32.7 Å². The fourth-order valence-corrected chi connectivity index (χ4v) is 9.38. The minimum atomic E-state index is -4.64. The van der Waals surface area contributed by atoms with Gasteiger partial charge in [-0.3, -0.25) is 14.2 Å². The Morgan fingerprint density at radius 1 is 0.405 bits per heavy atom. The third-order valence-electron chi connectivity index (χ3n) is 13.6. The number of nitrogens with zero attached hydrogens (tertiary/aromatic N) is 1. The molecule has 0 N–H and O–H groups in total. The second-order valence-electron chi connectivity index (χ2n) is 22.4. The first kappa shape index (κ1) is 75.7. The molecule has 2 unspecified atom stereocenters. The highest BCUT2D eigenvalue weighted by molar-refractivity contribution is 7.45. The first-order chi connectivity index (χ1) is 38.5. The first-order valence-corrected chi connectivity index (χ1v) is 33.6. The van der Waals surface area contributed by atoms with Gasteiger partial charge < -0.3 is 27.9 Å². The van der Waals surface area contributed by atoms with Crippen molar-refractivity contribution in [1.29, 1.82) is 0 Å². The maximum Gasteiger partial charge on any atom is 0.306 e. The van der Waals surface area contributed by atoms with E-state index >= 15 is 0 Å². The molecule has 0 spiro atoms. The van der Waals surface area contributed by atoms with E-state index in [1.54, 1.807) is 0 Å². The van der Waals surface area contributed by atoms with Crippen LogP contribution >= 0.6 is 7.82 Å². The lowest BCUT2D eigenvalue weighted by Gasteiger charge is -2.28. The predicted octanol–water partition coefficient (Wildman–Crippen LogP) is 19.9. The molecule has 0 aliphatic carbocycles. The minimum Gasteiger partial charge on any atom is -0.756 e. The van der Waals surface area contributed by atoms with E-state index < -0.39 is 26.5 Å². The number of phosphoric acid groups is 1. The summed E-state index contributed by atoms with van der Waals surface area (Å²) >= 11 is 0. The van der Waals surface area contributed by atoms with Crippen LogP contribution in [0.4, 0.5) is 0 Å². The van der Waals surface area contributed by atoms with E-state index in [4.69, 9.17) is 18.5 Å². The number of esters is 2. The van der Waals surface area contributed by atoms with Crippen LogP contribution in [-0.4, -0.2) is 70.0 Å². The topological polar surface area (TPSA) is 111 Å². The predicted molar refractivity (Wildman–Crippen MR) is 337 cm³/mol. The second kappa shape index (κ2) is 59.3. The van der Waals surface area contributed by atoms with Crippen molar-refractivity contribution in [3.05, 3.63) is 109 Å². The molecule has 0 saturated heterocycles. The highest BCUT2D eigenvalue weighted by Crippen LogP contribution is 2.38. The Hall–Kier alpha value is -3.33. The van der Waals surface area contributed by atoms with Crippen molar-refractivity contribution in [3.63, 3.8) is 0 Å². The van der Waals surface area contributed by atoms with Gasteiger partial charge in [0.15, 0.2) is 6.10 Å². The highest BCUT2D eigenvalue weighted by Gasteiger charge is 2.22. The van der Waals surface area contributed by atoms with Crippen LogP contribution in [0.2, 0.25) is 0 Å². The van der Waals surface area contributed by atoms with Gasteiger partial charge in [0.05, 0.1) is 27.7 Å². The Kier molecular flexibility index (Phi) is 56.8. The molecule has 0 heterocycles. The number of hydrogen-bond donors (Lipinski definition) is 0. The fourth-order valence-electron chi connectivity index (χ4n) is 8.65. The maximum absolute atomic E-state index is 12.8. The van der Waals surface area contributed by atoms with E-state index in [1.807, 2.05) is 21.1 Å². The van der Waals surface area contributed by atoms with E-state index in [9.17, 15) is 19.0 Å². The van der Waals surface area contributed by atoms with Crippen LogP contribution in [0, 0.1) is 0 Å².